The average Bonchev–Trinajstić information content (AvgIpc) is 3.15. The van der Waals surface area contributed by atoms with E-state index in [0.29, 0.717) is 30.0 Å². The Kier molecular flexibility index (Phi) is 6.26. The second kappa shape index (κ2) is 8.71. The highest BCUT2D eigenvalue weighted by atomic mass is 16.6. The van der Waals surface area contributed by atoms with Gasteiger partial charge in [-0.05, 0) is 44.0 Å². The first-order valence-corrected chi connectivity index (χ1v) is 9.82. The lowest BCUT2D eigenvalue weighted by molar-refractivity contribution is -0.163. The molecule has 8 heteroatoms. The van der Waals surface area contributed by atoms with Gasteiger partial charge in [-0.25, -0.2) is 9.59 Å². The summed E-state index contributed by atoms with van der Waals surface area (Å²) < 4.78 is 10.2. The number of nitrogens with zero attached hydrogens (tertiary/aromatic N) is 2. The fourth-order valence-corrected chi connectivity index (χ4v) is 3.86. The molecule has 0 bridgehead atoms. The number of benzene rings is 1. The summed E-state index contributed by atoms with van der Waals surface area (Å²) in [6, 6.07) is 6.73. The molecule has 2 fully saturated rings. The van der Waals surface area contributed by atoms with E-state index in [1.807, 2.05) is 0 Å². The van der Waals surface area contributed by atoms with Gasteiger partial charge in [0.25, 0.3) is 0 Å². The second-order valence-electron chi connectivity index (χ2n) is 7.39. The lowest BCUT2D eigenvalue weighted by Gasteiger charge is -2.47. The van der Waals surface area contributed by atoms with Gasteiger partial charge in [0.15, 0.2) is 0 Å². The number of hydrogen-bond acceptors (Lipinski definition) is 6. The van der Waals surface area contributed by atoms with E-state index in [1.165, 1.54) is 15.9 Å². The van der Waals surface area contributed by atoms with Gasteiger partial charge in [-0.1, -0.05) is 24.8 Å². The fourth-order valence-electron chi connectivity index (χ4n) is 3.86. The molecule has 8 nitrogen and oxygen atoms in total. The van der Waals surface area contributed by atoms with Crippen molar-refractivity contribution in [3.8, 4) is 0 Å². The van der Waals surface area contributed by atoms with Crippen molar-refractivity contribution in [3.05, 3.63) is 48.2 Å². The molecule has 2 heterocycles. The highest BCUT2D eigenvalue weighted by Crippen LogP contribution is 2.36. The largest absolute Gasteiger partial charge is 0.457 e. The molecule has 0 aliphatic carbocycles. The Bertz CT molecular complexity index is 889. The summed E-state index contributed by atoms with van der Waals surface area (Å²) in [5, 5.41) is 9.87. The van der Waals surface area contributed by atoms with Crippen LogP contribution >= 0.6 is 0 Å². The Morgan fingerprint density at radius 3 is 2.53 bits per heavy atom. The van der Waals surface area contributed by atoms with Crippen LogP contribution in [-0.4, -0.2) is 59.9 Å². The van der Waals surface area contributed by atoms with E-state index in [0.717, 1.165) is 0 Å². The van der Waals surface area contributed by atoms with E-state index in [9.17, 15) is 19.5 Å². The Balaban J connectivity index is 1.95. The molecule has 30 heavy (non-hydrogen) atoms. The highest BCUT2D eigenvalue weighted by Gasteiger charge is 2.50. The van der Waals surface area contributed by atoms with Crippen LogP contribution in [0.5, 0.6) is 0 Å². The first-order chi connectivity index (χ1) is 14.3. The maximum atomic E-state index is 12.8. The third-order valence-electron chi connectivity index (χ3n) is 5.46. The normalized spacial score (nSPS) is 22.8. The number of anilines is 1. The number of amides is 2. The molecular formula is C22H26N2O6. The summed E-state index contributed by atoms with van der Waals surface area (Å²) in [6.45, 7) is 9.47. The molecule has 0 aromatic heterocycles. The quantitative estimate of drug-likeness (QED) is 0.318. The number of β-lactam (4-membered cyclic amide) rings is 1. The number of carbonyl (C=O) groups excluding carboxylic acids is 3. The lowest BCUT2D eigenvalue weighted by Crippen LogP contribution is -2.63. The molecule has 0 saturated carbocycles. The van der Waals surface area contributed by atoms with Crippen LogP contribution in [0.2, 0.25) is 0 Å². The van der Waals surface area contributed by atoms with Gasteiger partial charge in [0, 0.05) is 11.7 Å². The third kappa shape index (κ3) is 3.82. The molecular weight excluding hydrogens is 388 g/mol. The molecule has 160 valence electrons. The lowest BCUT2D eigenvalue weighted by atomic mass is 9.83. The number of ether oxygens (including phenoxy) is 2. The number of aliphatic hydroxyl groups is 1. The van der Waals surface area contributed by atoms with Crippen LogP contribution in [0.25, 0.3) is 5.57 Å². The van der Waals surface area contributed by atoms with Crippen molar-refractivity contribution in [2.75, 3.05) is 24.7 Å². The third-order valence-corrected chi connectivity index (χ3v) is 5.46. The first kappa shape index (κ1) is 21.6. The summed E-state index contributed by atoms with van der Waals surface area (Å²) >= 11 is 0. The first-order valence-electron chi connectivity index (χ1n) is 9.82. The predicted octanol–water partition coefficient (Wildman–Crippen LogP) is 2.33. The van der Waals surface area contributed by atoms with Crippen LogP contribution in [0.3, 0.4) is 0 Å². The van der Waals surface area contributed by atoms with Crippen molar-refractivity contribution in [2.45, 2.75) is 32.9 Å². The number of allylic oxidation sites excluding steroid dienone is 1. The molecule has 0 spiro atoms. The monoisotopic (exact) mass is 414 g/mol. The van der Waals surface area contributed by atoms with Crippen molar-refractivity contribution in [1.82, 2.24) is 4.90 Å². The average molecular weight is 414 g/mol. The van der Waals surface area contributed by atoms with Gasteiger partial charge in [0.05, 0.1) is 18.6 Å². The summed E-state index contributed by atoms with van der Waals surface area (Å²) in [5.74, 6) is -1.52. The highest BCUT2D eigenvalue weighted by molar-refractivity contribution is 6.04. The van der Waals surface area contributed by atoms with Gasteiger partial charge in [0.2, 0.25) is 5.91 Å². The summed E-state index contributed by atoms with van der Waals surface area (Å²) in [6.07, 6.45) is 0.247. The number of hydrogen-bond donors (Lipinski definition) is 1. The maximum Gasteiger partial charge on any atom is 0.414 e. The molecule has 1 aromatic rings. The number of carbonyl (C=O) groups is 3. The van der Waals surface area contributed by atoms with Crippen LogP contribution in [0, 0.1) is 5.92 Å². The van der Waals surface area contributed by atoms with Crippen LogP contribution in [0.15, 0.2) is 42.6 Å². The van der Waals surface area contributed by atoms with Crippen molar-refractivity contribution < 1.29 is 29.0 Å². The van der Waals surface area contributed by atoms with Gasteiger partial charge in [-0.2, -0.15) is 0 Å². The van der Waals surface area contributed by atoms with Gasteiger partial charge < -0.3 is 19.5 Å². The number of rotatable bonds is 7. The zero-order valence-electron chi connectivity index (χ0n) is 17.3. The zero-order valence-corrected chi connectivity index (χ0v) is 17.3. The van der Waals surface area contributed by atoms with Gasteiger partial charge in [-0.3, -0.25) is 9.69 Å². The Labute approximate surface area is 175 Å². The number of esters is 1. The minimum absolute atomic E-state index is 0.0157. The number of likely N-dealkylation sites (tertiary alicyclic amines) is 1. The Morgan fingerprint density at radius 2 is 2.03 bits per heavy atom. The van der Waals surface area contributed by atoms with E-state index < -0.39 is 24.1 Å². The standard InChI is InChI=1S/C22H26N2O6/c1-5-11-29-21(27)19(24-14(3)18(15(4)25)20(24)26)13(2)16-6-8-17(9-7-16)23-10-12-30-22(23)28/h5-9,14-15,18,25H,1,10-12H2,2-4H3/b19-13+/t14?,15-,18+/m1/s1. The van der Waals surface area contributed by atoms with Crippen LogP contribution < -0.4 is 4.90 Å². The van der Waals surface area contributed by atoms with Crippen molar-refractivity contribution in [1.29, 1.82) is 0 Å². The van der Waals surface area contributed by atoms with Crippen molar-refractivity contribution in [2.24, 2.45) is 5.92 Å². The molecule has 0 radical (unpaired) electrons. The molecule has 3 atom stereocenters. The molecule has 1 aromatic carbocycles. The Hall–Kier alpha value is -3.13. The van der Waals surface area contributed by atoms with Gasteiger partial charge >= 0.3 is 12.1 Å². The van der Waals surface area contributed by atoms with E-state index in [2.05, 4.69) is 6.58 Å². The van der Waals surface area contributed by atoms with E-state index >= 15 is 0 Å². The van der Waals surface area contributed by atoms with Crippen molar-refractivity contribution >= 4 is 29.2 Å². The molecule has 1 unspecified atom stereocenters. The number of cyclic esters (lactones) is 1. The summed E-state index contributed by atoms with van der Waals surface area (Å²) in [5.41, 5.74) is 2.09. The second-order valence-corrected chi connectivity index (χ2v) is 7.39. The van der Waals surface area contributed by atoms with E-state index in [-0.39, 0.29) is 24.3 Å². The minimum atomic E-state index is -0.811. The molecule has 3 rings (SSSR count). The van der Waals surface area contributed by atoms with Gasteiger partial charge in [0.1, 0.15) is 18.9 Å². The SMILES string of the molecule is C=CCOC(=O)/C(=C(/C)c1ccc(N2CCOC2=O)cc1)N1C(=O)[C@H]([C@@H](C)O)C1C. The molecule has 1 N–H and O–H groups in total. The van der Waals surface area contributed by atoms with Gasteiger partial charge in [-0.15, -0.1) is 0 Å². The predicted molar refractivity (Wildman–Crippen MR) is 110 cm³/mol. The fraction of sp³-hybridized carbons (Fsp3) is 0.409. The van der Waals surface area contributed by atoms with Crippen LogP contribution in [0.1, 0.15) is 26.3 Å². The van der Waals surface area contributed by atoms with Crippen molar-refractivity contribution in [3.63, 3.8) is 0 Å². The summed E-state index contributed by atoms with van der Waals surface area (Å²) in [4.78, 5) is 40.1. The molecule has 2 amide bonds. The minimum Gasteiger partial charge on any atom is -0.457 e. The molecule has 2 aliphatic rings. The Morgan fingerprint density at radius 1 is 1.37 bits per heavy atom. The van der Waals surface area contributed by atoms with Crippen LogP contribution in [0.4, 0.5) is 10.5 Å². The zero-order chi connectivity index (χ0) is 22.0. The van der Waals surface area contributed by atoms with E-state index in [4.69, 9.17) is 9.47 Å². The number of aliphatic hydroxyl groups excluding tert-OH is 1. The van der Waals surface area contributed by atoms with Crippen LogP contribution in [-0.2, 0) is 19.1 Å². The maximum absolute atomic E-state index is 12.8. The molecule has 2 saturated heterocycles. The summed E-state index contributed by atoms with van der Waals surface area (Å²) in [7, 11) is 0. The van der Waals surface area contributed by atoms with E-state index in [1.54, 1.807) is 45.0 Å². The smallest absolute Gasteiger partial charge is 0.414 e. The topological polar surface area (TPSA) is 96.4 Å². The molecule has 2 aliphatic heterocycles.